The van der Waals surface area contributed by atoms with Gasteiger partial charge in [0.05, 0.1) is 13.5 Å². The maximum atomic E-state index is 12.3. The van der Waals surface area contributed by atoms with Crippen LogP contribution in [0.5, 0.6) is 5.75 Å². The Morgan fingerprint density at radius 1 is 1.36 bits per heavy atom. The van der Waals surface area contributed by atoms with Crippen LogP contribution in [0.25, 0.3) is 0 Å². The van der Waals surface area contributed by atoms with Gasteiger partial charge in [-0.1, -0.05) is 0 Å². The predicted molar refractivity (Wildman–Crippen MR) is 82.8 cm³/mol. The van der Waals surface area contributed by atoms with Gasteiger partial charge in [0, 0.05) is 12.6 Å². The van der Waals surface area contributed by atoms with Gasteiger partial charge in [0.15, 0.2) is 0 Å². The van der Waals surface area contributed by atoms with Gasteiger partial charge in [-0.15, -0.1) is 0 Å². The van der Waals surface area contributed by atoms with Crippen molar-refractivity contribution in [1.82, 2.24) is 9.79 Å². The summed E-state index contributed by atoms with van der Waals surface area (Å²) in [6.07, 6.45) is -0.855. The van der Waals surface area contributed by atoms with E-state index in [1.54, 1.807) is 0 Å². The molecular formula is C13H17N3O8S. The summed E-state index contributed by atoms with van der Waals surface area (Å²) in [6.45, 7) is 0. The summed E-state index contributed by atoms with van der Waals surface area (Å²) in [4.78, 5) is 37.9. The van der Waals surface area contributed by atoms with E-state index >= 15 is 0 Å². The summed E-state index contributed by atoms with van der Waals surface area (Å²) < 4.78 is 26.6. The first kappa shape index (κ1) is 20.3. The molecule has 1 aromatic rings. The van der Waals surface area contributed by atoms with Crippen LogP contribution in [-0.2, 0) is 24.4 Å². The Labute approximate surface area is 143 Å². The molecule has 0 radical (unpaired) electrons. The molecule has 1 rings (SSSR count). The van der Waals surface area contributed by atoms with Crippen molar-refractivity contribution >= 4 is 27.8 Å². The molecular weight excluding hydrogens is 358 g/mol. The van der Waals surface area contributed by atoms with Crippen LogP contribution < -0.4 is 10.5 Å². The molecule has 11 nitrogen and oxygen atoms in total. The van der Waals surface area contributed by atoms with Crippen molar-refractivity contribution < 1.29 is 37.9 Å². The van der Waals surface area contributed by atoms with Crippen LogP contribution >= 0.6 is 0 Å². The van der Waals surface area contributed by atoms with Crippen molar-refractivity contribution in [2.24, 2.45) is 5.73 Å². The zero-order chi connectivity index (χ0) is 19.4. The minimum absolute atomic E-state index is 0.131. The molecule has 0 aliphatic rings. The van der Waals surface area contributed by atoms with Gasteiger partial charge in [0.1, 0.15) is 16.7 Å². The molecule has 0 bridgehead atoms. The molecule has 5 N–H and O–H groups in total. The van der Waals surface area contributed by atoms with Gasteiger partial charge in [-0.05, 0) is 18.2 Å². The van der Waals surface area contributed by atoms with Crippen LogP contribution in [0.4, 0.5) is 0 Å². The minimum atomic E-state index is -4.48. The van der Waals surface area contributed by atoms with Gasteiger partial charge >= 0.3 is 5.97 Å². The van der Waals surface area contributed by atoms with Crippen molar-refractivity contribution in [2.45, 2.75) is 17.4 Å². The highest BCUT2D eigenvalue weighted by Crippen LogP contribution is 2.24. The van der Waals surface area contributed by atoms with Gasteiger partial charge in [-0.3, -0.25) is 19.2 Å². The SMILES string of the molecule is CON(C)C(=O)C(CC(=O)O)NS(=O)(=O)c1ccc(C(N)=O)cc1O. The van der Waals surface area contributed by atoms with E-state index in [1.165, 1.54) is 7.05 Å². The third kappa shape index (κ3) is 5.14. The van der Waals surface area contributed by atoms with E-state index in [1.807, 2.05) is 4.72 Å². The van der Waals surface area contributed by atoms with Gasteiger partial charge in [-0.2, -0.15) is 4.72 Å². The highest BCUT2D eigenvalue weighted by Gasteiger charge is 2.31. The quantitative estimate of drug-likeness (QED) is 0.402. The number of phenols is 1. The molecule has 0 spiro atoms. The molecule has 0 saturated heterocycles. The maximum Gasteiger partial charge on any atom is 0.305 e. The fourth-order valence-electron chi connectivity index (χ4n) is 1.81. The molecule has 0 heterocycles. The Hall–Kier alpha value is -2.70. The number of aliphatic carboxylic acids is 1. The Morgan fingerprint density at radius 3 is 2.40 bits per heavy atom. The Balaban J connectivity index is 3.20. The number of aromatic hydroxyl groups is 1. The van der Waals surface area contributed by atoms with Crippen LogP contribution in [0, 0.1) is 0 Å². The highest BCUT2D eigenvalue weighted by atomic mass is 32.2. The second-order valence-electron chi connectivity index (χ2n) is 4.84. The van der Waals surface area contributed by atoms with Crippen LogP contribution in [0.2, 0.25) is 0 Å². The lowest BCUT2D eigenvalue weighted by molar-refractivity contribution is -0.171. The molecule has 0 aliphatic carbocycles. The lowest BCUT2D eigenvalue weighted by Gasteiger charge is -2.21. The summed E-state index contributed by atoms with van der Waals surface area (Å²) in [6, 6.07) is 1.13. The molecule has 138 valence electrons. The van der Waals surface area contributed by atoms with Crippen LogP contribution in [0.1, 0.15) is 16.8 Å². The van der Waals surface area contributed by atoms with Crippen LogP contribution in [-0.4, -0.2) is 61.7 Å². The molecule has 0 fully saturated rings. The molecule has 2 amide bonds. The first-order valence-electron chi connectivity index (χ1n) is 6.68. The number of hydrogen-bond donors (Lipinski definition) is 4. The number of hydroxylamine groups is 2. The number of carbonyl (C=O) groups is 3. The molecule has 0 aliphatic heterocycles. The molecule has 0 saturated carbocycles. The average molecular weight is 375 g/mol. The van der Waals surface area contributed by atoms with Crippen molar-refractivity contribution in [1.29, 1.82) is 0 Å². The number of nitrogens with one attached hydrogen (secondary N) is 1. The van der Waals surface area contributed by atoms with E-state index in [2.05, 4.69) is 4.84 Å². The van der Waals surface area contributed by atoms with Gasteiger partial charge < -0.3 is 15.9 Å². The van der Waals surface area contributed by atoms with Gasteiger partial charge in [0.2, 0.25) is 15.9 Å². The number of carboxylic acids is 1. The number of sulfonamides is 1. The average Bonchev–Trinajstić information content (AvgIpc) is 2.51. The number of nitrogens with two attached hydrogens (primary N) is 1. The van der Waals surface area contributed by atoms with Crippen molar-refractivity contribution in [2.75, 3.05) is 14.2 Å². The van der Waals surface area contributed by atoms with E-state index in [0.717, 1.165) is 25.3 Å². The lowest BCUT2D eigenvalue weighted by Crippen LogP contribution is -2.48. The summed E-state index contributed by atoms with van der Waals surface area (Å²) in [5.41, 5.74) is 4.89. The van der Waals surface area contributed by atoms with E-state index in [-0.39, 0.29) is 5.56 Å². The number of nitrogens with zero attached hydrogens (tertiary/aromatic N) is 1. The summed E-state index contributed by atoms with van der Waals surface area (Å²) in [5.74, 6) is -4.06. The van der Waals surface area contributed by atoms with E-state index < -0.39 is 50.9 Å². The molecule has 1 atom stereocenters. The topological polar surface area (TPSA) is 176 Å². The molecule has 25 heavy (non-hydrogen) atoms. The predicted octanol–water partition coefficient (Wildman–Crippen LogP) is -1.37. The number of carboxylic acid groups (broad SMARTS) is 1. The maximum absolute atomic E-state index is 12.3. The standard InChI is InChI=1S/C13H17N3O8S/c1-16(24-2)13(21)8(6-11(18)19)15-25(22,23)10-4-3-7(12(14)20)5-9(10)17/h3-5,8,15,17H,6H2,1-2H3,(H2,14,20)(H,18,19). The van der Waals surface area contributed by atoms with Crippen molar-refractivity contribution in [3.63, 3.8) is 0 Å². The summed E-state index contributed by atoms with van der Waals surface area (Å²) in [5, 5.41) is 19.3. The first-order chi connectivity index (χ1) is 11.5. The summed E-state index contributed by atoms with van der Waals surface area (Å²) >= 11 is 0. The second-order valence-corrected chi connectivity index (χ2v) is 6.52. The van der Waals surface area contributed by atoms with Gasteiger partial charge in [0.25, 0.3) is 5.91 Å². The lowest BCUT2D eigenvalue weighted by atomic mass is 10.2. The Morgan fingerprint density at radius 2 is 1.96 bits per heavy atom. The summed E-state index contributed by atoms with van der Waals surface area (Å²) in [7, 11) is -2.17. The van der Waals surface area contributed by atoms with Crippen LogP contribution in [0.15, 0.2) is 23.1 Å². The largest absolute Gasteiger partial charge is 0.507 e. The number of phenolic OH excluding ortho intramolecular Hbond substituents is 1. The van der Waals surface area contributed by atoms with Crippen molar-refractivity contribution in [3.05, 3.63) is 23.8 Å². The minimum Gasteiger partial charge on any atom is -0.507 e. The Bertz CT molecular complexity index is 792. The number of rotatable bonds is 8. The zero-order valence-corrected chi connectivity index (χ0v) is 14.1. The van der Waals surface area contributed by atoms with Crippen LogP contribution in [0.3, 0.4) is 0 Å². The number of carbonyl (C=O) groups excluding carboxylic acids is 2. The molecule has 1 unspecified atom stereocenters. The number of primary amides is 1. The molecule has 0 aromatic heterocycles. The third-order valence-electron chi connectivity index (χ3n) is 3.09. The van der Waals surface area contributed by atoms with E-state index in [4.69, 9.17) is 10.8 Å². The number of likely N-dealkylation sites (N-methyl/N-ethyl adjacent to an activating group) is 1. The number of benzene rings is 1. The zero-order valence-electron chi connectivity index (χ0n) is 13.3. The smallest absolute Gasteiger partial charge is 0.305 e. The first-order valence-corrected chi connectivity index (χ1v) is 8.16. The fraction of sp³-hybridized carbons (Fsp3) is 0.308. The molecule has 12 heteroatoms. The number of hydrogen-bond acceptors (Lipinski definition) is 7. The number of amides is 2. The fourth-order valence-corrected chi connectivity index (χ4v) is 3.08. The van der Waals surface area contributed by atoms with E-state index in [9.17, 15) is 27.9 Å². The third-order valence-corrected chi connectivity index (χ3v) is 4.61. The van der Waals surface area contributed by atoms with Gasteiger partial charge in [-0.25, -0.2) is 13.5 Å². The Kier molecular flexibility index (Phi) is 6.44. The van der Waals surface area contributed by atoms with Crippen molar-refractivity contribution in [3.8, 4) is 5.75 Å². The molecule has 1 aromatic carbocycles. The second kappa shape index (κ2) is 7.92. The normalized spacial score (nSPS) is 12.4. The monoisotopic (exact) mass is 375 g/mol. The highest BCUT2D eigenvalue weighted by molar-refractivity contribution is 7.89. The van der Waals surface area contributed by atoms with E-state index in [0.29, 0.717) is 5.06 Å².